The van der Waals surface area contributed by atoms with Crippen LogP contribution in [0.15, 0.2) is 24.5 Å². The number of nitrogens with one attached hydrogen (secondary N) is 1. The first-order valence-corrected chi connectivity index (χ1v) is 4.59. The molecule has 1 aliphatic heterocycles. The van der Waals surface area contributed by atoms with Crippen molar-refractivity contribution in [3.63, 3.8) is 0 Å². The number of ether oxygens (including phenoxy) is 1. The van der Waals surface area contributed by atoms with Crippen molar-refractivity contribution in [2.45, 2.75) is 12.5 Å². The molecule has 1 aromatic heterocycles. The summed E-state index contributed by atoms with van der Waals surface area (Å²) in [5.74, 6) is 0.853. The molecule has 1 aromatic rings. The normalized spacial score (nSPS) is 18.9. The second-order valence-electron chi connectivity index (χ2n) is 2.94. The molecule has 1 atom stereocenters. The van der Waals surface area contributed by atoms with Gasteiger partial charge in [0.2, 0.25) is 0 Å². The number of pyridine rings is 1. The first-order chi connectivity index (χ1) is 6.95. The van der Waals surface area contributed by atoms with Crippen LogP contribution < -0.4 is 10.1 Å². The molecule has 14 heavy (non-hydrogen) atoms. The molecule has 1 N–H and O–H groups in total. The van der Waals surface area contributed by atoms with E-state index < -0.39 is 0 Å². The van der Waals surface area contributed by atoms with E-state index in [4.69, 9.17) is 4.74 Å². The Kier molecular flexibility index (Phi) is 4.93. The van der Waals surface area contributed by atoms with Gasteiger partial charge in [-0.05, 0) is 25.1 Å². The lowest BCUT2D eigenvalue weighted by Gasteiger charge is -2.27. The van der Waals surface area contributed by atoms with Crippen molar-refractivity contribution in [1.29, 1.82) is 0 Å². The highest BCUT2D eigenvalue weighted by atomic mass is 18.2. The van der Waals surface area contributed by atoms with Gasteiger partial charge in [-0.25, -0.2) is 0 Å². The van der Waals surface area contributed by atoms with Crippen LogP contribution in [0.5, 0.6) is 5.75 Å². The molecule has 0 aliphatic carbocycles. The maximum absolute atomic E-state index is 9.50. The fraction of sp³-hybridized carbons (Fsp3) is 0.500. The first kappa shape index (κ1) is 10.9. The van der Waals surface area contributed by atoms with Crippen molar-refractivity contribution in [2.75, 3.05) is 20.3 Å². The Morgan fingerprint density at radius 2 is 2.43 bits per heavy atom. The third-order valence-electron chi connectivity index (χ3n) is 2.01. The molecule has 0 radical (unpaired) electrons. The molecule has 2 rings (SSSR count). The van der Waals surface area contributed by atoms with Crippen molar-refractivity contribution >= 4 is 0 Å². The molecule has 0 aromatic carbocycles. The fourth-order valence-electron chi connectivity index (χ4n) is 1.12. The Morgan fingerprint density at radius 3 is 2.93 bits per heavy atom. The van der Waals surface area contributed by atoms with E-state index in [0.717, 1.165) is 18.9 Å². The van der Waals surface area contributed by atoms with E-state index in [1.165, 1.54) is 6.42 Å². The summed E-state index contributed by atoms with van der Waals surface area (Å²) >= 11 is 0. The summed E-state index contributed by atoms with van der Waals surface area (Å²) in [7, 11) is 0.500. The summed E-state index contributed by atoms with van der Waals surface area (Å²) in [6, 6.07) is 4.35. The Balaban J connectivity index is 0.000000461. The Labute approximate surface area is 83.3 Å². The van der Waals surface area contributed by atoms with Crippen molar-refractivity contribution in [2.24, 2.45) is 0 Å². The lowest BCUT2D eigenvalue weighted by Crippen LogP contribution is -2.46. The summed E-state index contributed by atoms with van der Waals surface area (Å²) in [6.45, 7) is 1.88. The maximum atomic E-state index is 9.50. The summed E-state index contributed by atoms with van der Waals surface area (Å²) in [5, 5.41) is 3.27. The largest absolute Gasteiger partial charge is 0.490 e. The van der Waals surface area contributed by atoms with Gasteiger partial charge in [0.15, 0.2) is 0 Å². The van der Waals surface area contributed by atoms with Gasteiger partial charge in [-0.1, -0.05) is 0 Å². The number of halogens is 1. The van der Waals surface area contributed by atoms with Crippen LogP contribution >= 0.6 is 0 Å². The van der Waals surface area contributed by atoms with Gasteiger partial charge < -0.3 is 10.1 Å². The van der Waals surface area contributed by atoms with Gasteiger partial charge in [-0.2, -0.15) is 0 Å². The molecule has 0 spiro atoms. The van der Waals surface area contributed by atoms with Crippen LogP contribution in [-0.4, -0.2) is 31.4 Å². The number of nitrogens with zero attached hydrogens (tertiary/aromatic N) is 1. The zero-order valence-corrected chi connectivity index (χ0v) is 8.24. The zero-order chi connectivity index (χ0) is 10.2. The van der Waals surface area contributed by atoms with Crippen molar-refractivity contribution in [3.8, 4) is 5.75 Å². The van der Waals surface area contributed by atoms with E-state index in [9.17, 15) is 4.39 Å². The summed E-state index contributed by atoms with van der Waals surface area (Å²) < 4.78 is 15.0. The lowest BCUT2D eigenvalue weighted by atomic mass is 10.1. The third-order valence-corrected chi connectivity index (χ3v) is 2.01. The Morgan fingerprint density at radius 1 is 1.64 bits per heavy atom. The molecular formula is C10H15FN2O. The molecule has 2 heterocycles. The lowest BCUT2D eigenvalue weighted by molar-refractivity contribution is 0.217. The maximum Gasteiger partial charge on any atom is 0.137 e. The topological polar surface area (TPSA) is 34.1 Å². The summed E-state index contributed by atoms with van der Waals surface area (Å²) in [4.78, 5) is 3.96. The van der Waals surface area contributed by atoms with E-state index in [-0.39, 0.29) is 0 Å². The minimum Gasteiger partial charge on any atom is -0.490 e. The average molecular weight is 197 g/mol. The molecular weight excluding hydrogens is 182 g/mol. The highest BCUT2D eigenvalue weighted by Gasteiger charge is 2.16. The van der Waals surface area contributed by atoms with Gasteiger partial charge in [0.05, 0.1) is 13.4 Å². The number of aromatic nitrogens is 1. The van der Waals surface area contributed by atoms with Crippen LogP contribution in [0.2, 0.25) is 0 Å². The van der Waals surface area contributed by atoms with Crippen LogP contribution in [0.4, 0.5) is 4.39 Å². The van der Waals surface area contributed by atoms with Gasteiger partial charge >= 0.3 is 0 Å². The second kappa shape index (κ2) is 6.32. The van der Waals surface area contributed by atoms with Crippen LogP contribution in [0.3, 0.4) is 0 Å². The predicted octanol–water partition coefficient (Wildman–Crippen LogP) is 1.41. The van der Waals surface area contributed by atoms with Crippen molar-refractivity contribution in [1.82, 2.24) is 10.3 Å². The van der Waals surface area contributed by atoms with E-state index in [2.05, 4.69) is 10.3 Å². The Bertz CT molecular complexity index is 239. The van der Waals surface area contributed by atoms with Crippen LogP contribution in [-0.2, 0) is 0 Å². The minimum absolute atomic E-state index is 0.500. The zero-order valence-electron chi connectivity index (χ0n) is 8.24. The van der Waals surface area contributed by atoms with Gasteiger partial charge in [0.1, 0.15) is 12.4 Å². The minimum atomic E-state index is 0.500. The highest BCUT2D eigenvalue weighted by molar-refractivity contribution is 5.15. The number of alkyl halides is 1. The van der Waals surface area contributed by atoms with E-state index in [1.807, 2.05) is 12.1 Å². The summed E-state index contributed by atoms with van der Waals surface area (Å²) in [6.07, 6.45) is 4.70. The molecule has 4 heteroatoms. The van der Waals surface area contributed by atoms with Crippen LogP contribution in [0.25, 0.3) is 0 Å². The molecule has 0 saturated carbocycles. The third kappa shape index (κ3) is 3.30. The van der Waals surface area contributed by atoms with Gasteiger partial charge in [0.25, 0.3) is 0 Å². The van der Waals surface area contributed by atoms with Crippen molar-refractivity contribution in [3.05, 3.63) is 24.5 Å². The molecule has 78 valence electrons. The monoisotopic (exact) mass is 197 g/mol. The van der Waals surface area contributed by atoms with Gasteiger partial charge in [-0.15, -0.1) is 0 Å². The fourth-order valence-corrected chi connectivity index (χ4v) is 1.12. The van der Waals surface area contributed by atoms with E-state index >= 15 is 0 Å². The molecule has 0 unspecified atom stereocenters. The predicted molar refractivity (Wildman–Crippen MR) is 53.2 cm³/mol. The molecule has 1 saturated heterocycles. The SMILES string of the molecule is C[18F].c1cncc(OC[C@@H]2CCN2)c1. The molecule has 1 fully saturated rings. The Hall–Kier alpha value is -1.16. The van der Waals surface area contributed by atoms with Gasteiger partial charge in [-0.3, -0.25) is 9.37 Å². The number of rotatable bonds is 3. The van der Waals surface area contributed by atoms with Crippen molar-refractivity contribution < 1.29 is 9.13 Å². The second-order valence-corrected chi connectivity index (χ2v) is 2.94. The highest BCUT2D eigenvalue weighted by Crippen LogP contribution is 2.09. The average Bonchev–Trinajstić information content (AvgIpc) is 2.20. The van der Waals surface area contributed by atoms with Gasteiger partial charge in [0, 0.05) is 12.2 Å². The van der Waals surface area contributed by atoms with E-state index in [1.54, 1.807) is 12.4 Å². The number of hydrogen-bond donors (Lipinski definition) is 1. The molecule has 3 nitrogen and oxygen atoms in total. The quantitative estimate of drug-likeness (QED) is 0.795. The van der Waals surface area contributed by atoms with Crippen LogP contribution in [0, 0.1) is 0 Å². The number of hydrogen-bond acceptors (Lipinski definition) is 3. The summed E-state index contributed by atoms with van der Waals surface area (Å²) in [5.41, 5.74) is 0. The van der Waals surface area contributed by atoms with E-state index in [0.29, 0.717) is 13.2 Å². The molecule has 0 amide bonds. The standard InChI is InChI=1S/C9H12N2O.CH3F/c1-2-9(6-10-4-1)12-7-8-3-5-11-8;1-2/h1-2,4,6,8,11H,3,5,7H2;1H3/t8-;/m0./s1/i;2-1. The molecule has 0 bridgehead atoms. The smallest absolute Gasteiger partial charge is 0.137 e. The van der Waals surface area contributed by atoms with Crippen LogP contribution in [0.1, 0.15) is 6.42 Å². The molecule has 1 aliphatic rings. The first-order valence-electron chi connectivity index (χ1n) is 4.59.